The number of carbonyl (C=O) groups is 3. The molecule has 3 rings (SSSR count). The number of halogens is 1. The molecule has 0 aliphatic carbocycles. The van der Waals surface area contributed by atoms with Crippen molar-refractivity contribution in [2.45, 2.75) is 0 Å². The minimum atomic E-state index is -0.632. The summed E-state index contributed by atoms with van der Waals surface area (Å²) in [4.78, 5) is 41.4. The highest BCUT2D eigenvalue weighted by molar-refractivity contribution is 7.16. The number of aromatic nitrogens is 1. The standard InChI is InChI=1S/C19H16FN3O4S/c1-23(9-17(24)22-14-5-3-13(20)4-6-14)18(25)10-27-19(26)12-2-7-15-16(8-12)28-11-21-15/h2-8,11H,9-10H2,1H3,(H,22,24). The summed E-state index contributed by atoms with van der Waals surface area (Å²) >= 11 is 1.40. The molecular weight excluding hydrogens is 385 g/mol. The monoisotopic (exact) mass is 401 g/mol. The Bertz CT molecular complexity index is 1020. The van der Waals surface area contributed by atoms with Crippen LogP contribution in [0.4, 0.5) is 10.1 Å². The maximum Gasteiger partial charge on any atom is 0.338 e. The quantitative estimate of drug-likeness (QED) is 0.642. The molecule has 0 saturated carbocycles. The molecule has 0 aliphatic heterocycles. The Kier molecular flexibility index (Phi) is 5.95. The van der Waals surface area contributed by atoms with E-state index in [2.05, 4.69) is 10.3 Å². The van der Waals surface area contributed by atoms with Crippen LogP contribution in [0, 0.1) is 5.82 Å². The number of anilines is 1. The molecule has 3 aromatic rings. The Balaban J connectivity index is 1.48. The zero-order valence-corrected chi connectivity index (χ0v) is 15.7. The molecule has 1 N–H and O–H groups in total. The molecule has 0 radical (unpaired) electrons. The van der Waals surface area contributed by atoms with Crippen molar-refractivity contribution in [2.24, 2.45) is 0 Å². The number of amides is 2. The van der Waals surface area contributed by atoms with Crippen LogP contribution in [-0.4, -0.2) is 47.9 Å². The van der Waals surface area contributed by atoms with Crippen molar-refractivity contribution < 1.29 is 23.5 Å². The molecule has 1 aromatic heterocycles. The molecule has 144 valence electrons. The molecule has 0 unspecified atom stereocenters. The molecule has 2 amide bonds. The number of hydrogen-bond donors (Lipinski definition) is 1. The Morgan fingerprint density at radius 3 is 2.68 bits per heavy atom. The zero-order valence-electron chi connectivity index (χ0n) is 14.8. The van der Waals surface area contributed by atoms with Gasteiger partial charge in [0.05, 0.1) is 27.8 Å². The van der Waals surface area contributed by atoms with E-state index in [0.717, 1.165) is 15.1 Å². The molecule has 1 heterocycles. The highest BCUT2D eigenvalue weighted by Crippen LogP contribution is 2.19. The predicted octanol–water partition coefficient (Wildman–Crippen LogP) is 2.69. The second-order valence-corrected chi connectivity index (χ2v) is 6.80. The number of hydrogen-bond acceptors (Lipinski definition) is 6. The third-order valence-corrected chi connectivity index (χ3v) is 4.62. The number of rotatable bonds is 6. The molecule has 0 spiro atoms. The number of ether oxygens (including phenoxy) is 1. The van der Waals surface area contributed by atoms with Gasteiger partial charge in [-0.25, -0.2) is 14.2 Å². The van der Waals surface area contributed by atoms with E-state index >= 15 is 0 Å². The van der Waals surface area contributed by atoms with Crippen LogP contribution in [-0.2, 0) is 14.3 Å². The van der Waals surface area contributed by atoms with E-state index in [1.165, 1.54) is 42.6 Å². The second kappa shape index (κ2) is 8.57. The summed E-state index contributed by atoms with van der Waals surface area (Å²) < 4.78 is 18.7. The molecule has 2 aromatic carbocycles. The van der Waals surface area contributed by atoms with Gasteiger partial charge in [-0.2, -0.15) is 0 Å². The molecule has 7 nitrogen and oxygen atoms in total. The number of likely N-dealkylation sites (N-methyl/N-ethyl adjacent to an activating group) is 1. The van der Waals surface area contributed by atoms with E-state index in [-0.39, 0.29) is 6.54 Å². The van der Waals surface area contributed by atoms with E-state index in [4.69, 9.17) is 4.74 Å². The van der Waals surface area contributed by atoms with E-state index < -0.39 is 30.2 Å². The van der Waals surface area contributed by atoms with Gasteiger partial charge in [-0.15, -0.1) is 11.3 Å². The summed E-state index contributed by atoms with van der Waals surface area (Å²) in [6.45, 7) is -0.722. The first kappa shape index (κ1) is 19.4. The zero-order chi connectivity index (χ0) is 20.1. The van der Waals surface area contributed by atoms with Crippen molar-refractivity contribution in [3.05, 3.63) is 59.4 Å². The van der Waals surface area contributed by atoms with Gasteiger partial charge in [-0.05, 0) is 42.5 Å². The van der Waals surface area contributed by atoms with Crippen LogP contribution in [0.3, 0.4) is 0 Å². The lowest BCUT2D eigenvalue weighted by molar-refractivity contribution is -0.136. The van der Waals surface area contributed by atoms with Crippen LogP contribution in [0.15, 0.2) is 48.0 Å². The average molecular weight is 401 g/mol. The number of nitrogens with one attached hydrogen (secondary N) is 1. The van der Waals surface area contributed by atoms with Gasteiger partial charge < -0.3 is 15.0 Å². The van der Waals surface area contributed by atoms with Gasteiger partial charge in [0.25, 0.3) is 5.91 Å². The van der Waals surface area contributed by atoms with Crippen molar-refractivity contribution in [3.8, 4) is 0 Å². The maximum atomic E-state index is 12.9. The highest BCUT2D eigenvalue weighted by atomic mass is 32.1. The summed E-state index contributed by atoms with van der Waals surface area (Å²) in [5, 5.41) is 2.55. The van der Waals surface area contributed by atoms with Gasteiger partial charge >= 0.3 is 5.97 Å². The molecule has 0 aliphatic rings. The number of fused-ring (bicyclic) bond motifs is 1. The smallest absolute Gasteiger partial charge is 0.338 e. The first-order valence-corrected chi connectivity index (χ1v) is 9.10. The minimum Gasteiger partial charge on any atom is -0.452 e. The molecular formula is C19H16FN3O4S. The van der Waals surface area contributed by atoms with Gasteiger partial charge in [0.15, 0.2) is 6.61 Å². The number of nitrogens with zero attached hydrogens (tertiary/aromatic N) is 2. The number of benzene rings is 2. The van der Waals surface area contributed by atoms with Crippen molar-refractivity contribution in [3.63, 3.8) is 0 Å². The van der Waals surface area contributed by atoms with Gasteiger partial charge in [-0.3, -0.25) is 9.59 Å². The van der Waals surface area contributed by atoms with Crippen LogP contribution in [0.25, 0.3) is 10.2 Å². The average Bonchev–Trinajstić information content (AvgIpc) is 3.15. The fourth-order valence-corrected chi connectivity index (χ4v) is 3.06. The Labute approximate surface area is 163 Å². The fraction of sp³-hybridized carbons (Fsp3) is 0.158. The fourth-order valence-electron chi connectivity index (χ4n) is 2.34. The van der Waals surface area contributed by atoms with E-state index in [0.29, 0.717) is 11.3 Å². The second-order valence-electron chi connectivity index (χ2n) is 5.92. The van der Waals surface area contributed by atoms with Gasteiger partial charge in [0, 0.05) is 12.7 Å². The molecule has 0 fully saturated rings. The molecule has 0 atom stereocenters. The minimum absolute atomic E-state index is 0.236. The van der Waals surface area contributed by atoms with Crippen molar-refractivity contribution >= 4 is 45.0 Å². The Morgan fingerprint density at radius 1 is 1.18 bits per heavy atom. The summed E-state index contributed by atoms with van der Waals surface area (Å²) in [5.41, 5.74) is 3.19. The van der Waals surface area contributed by atoms with Crippen molar-refractivity contribution in [1.29, 1.82) is 0 Å². The summed E-state index contributed by atoms with van der Waals surface area (Å²) in [6, 6.07) is 10.2. The van der Waals surface area contributed by atoms with Gasteiger partial charge in [0.2, 0.25) is 5.91 Å². The lowest BCUT2D eigenvalue weighted by atomic mass is 10.2. The number of carbonyl (C=O) groups excluding carboxylic acids is 3. The van der Waals surface area contributed by atoms with Crippen LogP contribution in [0.1, 0.15) is 10.4 Å². The summed E-state index contributed by atoms with van der Waals surface area (Å²) in [5.74, 6) is -2.03. The van der Waals surface area contributed by atoms with Crippen molar-refractivity contribution in [2.75, 3.05) is 25.5 Å². The third-order valence-electron chi connectivity index (χ3n) is 3.83. The van der Waals surface area contributed by atoms with Crippen LogP contribution >= 0.6 is 11.3 Å². The van der Waals surface area contributed by atoms with Crippen molar-refractivity contribution in [1.82, 2.24) is 9.88 Å². The number of esters is 1. The summed E-state index contributed by atoms with van der Waals surface area (Å²) in [7, 11) is 1.42. The maximum absolute atomic E-state index is 12.9. The molecule has 9 heteroatoms. The Morgan fingerprint density at radius 2 is 1.93 bits per heavy atom. The first-order valence-electron chi connectivity index (χ1n) is 8.22. The largest absolute Gasteiger partial charge is 0.452 e. The highest BCUT2D eigenvalue weighted by Gasteiger charge is 2.16. The summed E-state index contributed by atoms with van der Waals surface area (Å²) in [6.07, 6.45) is 0. The third kappa shape index (κ3) is 4.89. The van der Waals surface area contributed by atoms with E-state index in [1.54, 1.807) is 23.7 Å². The normalized spacial score (nSPS) is 10.5. The molecule has 28 heavy (non-hydrogen) atoms. The van der Waals surface area contributed by atoms with Gasteiger partial charge in [0.1, 0.15) is 5.82 Å². The number of thiazole rings is 1. The Hall–Kier alpha value is -3.33. The predicted molar refractivity (Wildman–Crippen MR) is 103 cm³/mol. The molecule has 0 saturated heterocycles. The van der Waals surface area contributed by atoms with Crippen LogP contribution < -0.4 is 5.32 Å². The first-order chi connectivity index (χ1) is 13.4. The van der Waals surface area contributed by atoms with E-state index in [1.807, 2.05) is 0 Å². The SMILES string of the molecule is CN(CC(=O)Nc1ccc(F)cc1)C(=O)COC(=O)c1ccc2ncsc2c1. The van der Waals surface area contributed by atoms with Crippen LogP contribution in [0.2, 0.25) is 0 Å². The molecule has 0 bridgehead atoms. The lowest BCUT2D eigenvalue weighted by Crippen LogP contribution is -2.37. The van der Waals surface area contributed by atoms with E-state index in [9.17, 15) is 18.8 Å². The topological polar surface area (TPSA) is 88.6 Å². The van der Waals surface area contributed by atoms with Gasteiger partial charge in [-0.1, -0.05) is 0 Å². The van der Waals surface area contributed by atoms with Crippen LogP contribution in [0.5, 0.6) is 0 Å². The lowest BCUT2D eigenvalue weighted by Gasteiger charge is -2.16.